The number of halogens is 1. The van der Waals surface area contributed by atoms with Crippen LogP contribution in [0, 0.1) is 0 Å². The van der Waals surface area contributed by atoms with E-state index in [1.54, 1.807) is 0 Å². The minimum Gasteiger partial charge on any atom is -0.289 e. The molecule has 1 aliphatic rings. The smallest absolute Gasteiger partial charge is 0.152 e. The highest BCUT2D eigenvalue weighted by atomic mass is 35.5. The summed E-state index contributed by atoms with van der Waals surface area (Å²) in [5.74, 6) is 0.437. The van der Waals surface area contributed by atoms with Gasteiger partial charge in [-0.05, 0) is 38.0 Å². The zero-order valence-electron chi connectivity index (χ0n) is 11.7. The van der Waals surface area contributed by atoms with Gasteiger partial charge in [0.15, 0.2) is 9.84 Å². The second kappa shape index (κ2) is 6.14. The summed E-state index contributed by atoms with van der Waals surface area (Å²) in [6.07, 6.45) is 0.639. The van der Waals surface area contributed by atoms with Crippen molar-refractivity contribution in [3.63, 3.8) is 0 Å². The molecule has 110 valence electrons. The van der Waals surface area contributed by atoms with Crippen molar-refractivity contribution in [3.05, 3.63) is 34.9 Å². The van der Waals surface area contributed by atoms with Crippen LogP contribution < -0.4 is 0 Å². The van der Waals surface area contributed by atoms with E-state index in [2.05, 4.69) is 5.10 Å². The molecule has 0 N–H and O–H groups in total. The lowest BCUT2D eigenvalue weighted by molar-refractivity contribution is 0.213. The van der Waals surface area contributed by atoms with Gasteiger partial charge in [0.1, 0.15) is 0 Å². The third kappa shape index (κ3) is 4.21. The molecule has 1 saturated heterocycles. The topological polar surface area (TPSA) is 49.7 Å². The molecule has 1 fully saturated rings. The number of hydrazone groups is 1. The highest BCUT2D eigenvalue weighted by molar-refractivity contribution is 7.91. The second-order valence-electron chi connectivity index (χ2n) is 5.33. The van der Waals surface area contributed by atoms with E-state index in [1.807, 2.05) is 43.1 Å². The molecule has 0 unspecified atom stereocenters. The maximum absolute atomic E-state index is 11.6. The van der Waals surface area contributed by atoms with Crippen molar-refractivity contribution in [3.8, 4) is 0 Å². The van der Waals surface area contributed by atoms with Gasteiger partial charge < -0.3 is 0 Å². The van der Waals surface area contributed by atoms with E-state index in [9.17, 15) is 8.42 Å². The van der Waals surface area contributed by atoms with E-state index in [0.717, 1.165) is 11.3 Å². The number of sulfone groups is 1. The van der Waals surface area contributed by atoms with Gasteiger partial charge in [-0.1, -0.05) is 23.7 Å². The van der Waals surface area contributed by atoms with E-state index in [-0.39, 0.29) is 17.5 Å². The molecule has 20 heavy (non-hydrogen) atoms. The van der Waals surface area contributed by atoms with Gasteiger partial charge in [-0.15, -0.1) is 0 Å². The Morgan fingerprint density at radius 2 is 2.20 bits per heavy atom. The zero-order valence-corrected chi connectivity index (χ0v) is 13.3. The minimum atomic E-state index is -2.91. The summed E-state index contributed by atoms with van der Waals surface area (Å²) in [5, 5.41) is 7.05. The van der Waals surface area contributed by atoms with Gasteiger partial charge in [-0.3, -0.25) is 5.01 Å². The van der Waals surface area contributed by atoms with Crippen LogP contribution in [0.3, 0.4) is 0 Å². The Hall–Kier alpha value is -1.07. The third-order valence-electron chi connectivity index (χ3n) is 3.19. The summed E-state index contributed by atoms with van der Waals surface area (Å²) in [6.45, 7) is 4.40. The van der Waals surface area contributed by atoms with E-state index >= 15 is 0 Å². The van der Waals surface area contributed by atoms with Crippen molar-refractivity contribution in [2.24, 2.45) is 5.10 Å². The molecule has 0 amide bonds. The molecule has 2 rings (SSSR count). The van der Waals surface area contributed by atoms with Crippen LogP contribution >= 0.6 is 11.6 Å². The first-order chi connectivity index (χ1) is 9.35. The van der Waals surface area contributed by atoms with Crippen molar-refractivity contribution < 1.29 is 8.42 Å². The van der Waals surface area contributed by atoms with Gasteiger partial charge >= 0.3 is 0 Å². The number of benzene rings is 1. The molecule has 0 radical (unpaired) electrons. The average molecular weight is 315 g/mol. The second-order valence-corrected chi connectivity index (χ2v) is 8.00. The average Bonchev–Trinajstić information content (AvgIpc) is 2.68. The van der Waals surface area contributed by atoms with E-state index in [4.69, 9.17) is 11.6 Å². The van der Waals surface area contributed by atoms with Gasteiger partial charge in [-0.25, -0.2) is 8.42 Å². The van der Waals surface area contributed by atoms with Crippen LogP contribution in [0.1, 0.15) is 25.8 Å². The fourth-order valence-electron chi connectivity index (χ4n) is 2.34. The molecule has 0 bridgehead atoms. The standard InChI is InChI=1S/C14H19ClN2O2S/c1-11(2)16-17(14-6-7-20(18,19)10-14)9-12-4-3-5-13(15)8-12/h3-5,8,14H,6-7,9-10H2,1-2H3/t14-/m0/s1. The predicted molar refractivity (Wildman–Crippen MR) is 82.8 cm³/mol. The molecular formula is C14H19ClN2O2S. The van der Waals surface area contributed by atoms with Crippen molar-refractivity contribution >= 4 is 27.1 Å². The lowest BCUT2D eigenvalue weighted by atomic mass is 10.2. The Morgan fingerprint density at radius 3 is 2.75 bits per heavy atom. The zero-order chi connectivity index (χ0) is 14.8. The van der Waals surface area contributed by atoms with Gasteiger partial charge in [0, 0.05) is 10.7 Å². The summed E-state index contributed by atoms with van der Waals surface area (Å²) in [4.78, 5) is 0. The molecule has 1 heterocycles. The Labute approximate surface area is 125 Å². The molecule has 6 heteroatoms. The van der Waals surface area contributed by atoms with Crippen LogP contribution in [0.2, 0.25) is 5.02 Å². The van der Waals surface area contributed by atoms with Crippen molar-refractivity contribution in [2.45, 2.75) is 32.9 Å². The quantitative estimate of drug-likeness (QED) is 0.634. The number of hydrogen-bond acceptors (Lipinski definition) is 4. The first kappa shape index (κ1) is 15.3. The van der Waals surface area contributed by atoms with Gasteiger partial charge in [0.05, 0.1) is 24.1 Å². The lowest BCUT2D eigenvalue weighted by Crippen LogP contribution is -2.32. The normalized spacial score (nSPS) is 20.6. The maximum atomic E-state index is 11.6. The Balaban J connectivity index is 2.19. The minimum absolute atomic E-state index is 0.0473. The molecule has 0 saturated carbocycles. The van der Waals surface area contributed by atoms with Crippen LogP contribution in [-0.2, 0) is 16.4 Å². The molecule has 0 aromatic heterocycles. The van der Waals surface area contributed by atoms with E-state index in [1.165, 1.54) is 0 Å². The third-order valence-corrected chi connectivity index (χ3v) is 5.18. The maximum Gasteiger partial charge on any atom is 0.152 e. The fraction of sp³-hybridized carbons (Fsp3) is 0.500. The number of nitrogens with zero attached hydrogens (tertiary/aromatic N) is 2. The van der Waals surface area contributed by atoms with Crippen molar-refractivity contribution in [1.29, 1.82) is 0 Å². The monoisotopic (exact) mass is 314 g/mol. The molecule has 0 spiro atoms. The van der Waals surface area contributed by atoms with Gasteiger partial charge in [0.2, 0.25) is 0 Å². The molecule has 1 aromatic carbocycles. The van der Waals surface area contributed by atoms with Crippen LogP contribution in [0.15, 0.2) is 29.4 Å². The lowest BCUT2D eigenvalue weighted by Gasteiger charge is -2.26. The van der Waals surface area contributed by atoms with Crippen LogP contribution in [0.25, 0.3) is 0 Å². The summed E-state index contributed by atoms with van der Waals surface area (Å²) in [5.41, 5.74) is 1.95. The largest absolute Gasteiger partial charge is 0.289 e. The molecule has 4 nitrogen and oxygen atoms in total. The molecule has 0 aliphatic carbocycles. The number of hydrogen-bond donors (Lipinski definition) is 0. The van der Waals surface area contributed by atoms with Gasteiger partial charge in [0.25, 0.3) is 0 Å². The Bertz CT molecular complexity index is 609. The van der Waals surface area contributed by atoms with Gasteiger partial charge in [-0.2, -0.15) is 5.10 Å². The molecular weight excluding hydrogens is 296 g/mol. The van der Waals surface area contributed by atoms with Crippen LogP contribution in [0.4, 0.5) is 0 Å². The summed E-state index contributed by atoms with van der Waals surface area (Å²) < 4.78 is 23.3. The van der Waals surface area contributed by atoms with Crippen LogP contribution in [0.5, 0.6) is 0 Å². The SMILES string of the molecule is CC(C)=NN(Cc1cccc(Cl)c1)[C@H]1CCS(=O)(=O)C1. The van der Waals surface area contributed by atoms with E-state index < -0.39 is 9.84 Å². The first-order valence-corrected chi connectivity index (χ1v) is 8.79. The van der Waals surface area contributed by atoms with E-state index in [0.29, 0.717) is 18.0 Å². The molecule has 1 atom stereocenters. The summed E-state index contributed by atoms with van der Waals surface area (Å²) in [6, 6.07) is 7.53. The Morgan fingerprint density at radius 1 is 1.45 bits per heavy atom. The molecule has 1 aliphatic heterocycles. The number of rotatable bonds is 4. The predicted octanol–water partition coefficient (Wildman–Crippen LogP) is 2.72. The summed E-state index contributed by atoms with van der Waals surface area (Å²) >= 11 is 5.99. The van der Waals surface area contributed by atoms with Crippen molar-refractivity contribution in [2.75, 3.05) is 11.5 Å². The summed E-state index contributed by atoms with van der Waals surface area (Å²) in [7, 11) is -2.91. The Kier molecular flexibility index (Phi) is 4.70. The first-order valence-electron chi connectivity index (χ1n) is 6.59. The highest BCUT2D eigenvalue weighted by Crippen LogP contribution is 2.21. The molecule has 1 aromatic rings. The fourth-order valence-corrected chi connectivity index (χ4v) is 4.27. The van der Waals surface area contributed by atoms with Crippen molar-refractivity contribution in [1.82, 2.24) is 5.01 Å². The van der Waals surface area contributed by atoms with Crippen LogP contribution in [-0.4, -0.2) is 36.7 Å². The highest BCUT2D eigenvalue weighted by Gasteiger charge is 2.32.